The van der Waals surface area contributed by atoms with Crippen molar-refractivity contribution in [2.24, 2.45) is 0 Å². The van der Waals surface area contributed by atoms with Crippen LogP contribution in [0.5, 0.6) is 5.75 Å². The molecular weight excluding hydrogens is 411 g/mol. The topological polar surface area (TPSA) is 58.6 Å². The SMILES string of the molecule is CC(C(=O)NC(C)(C)C)N(Cc1ccc(Cl)c(Cl)c1)C(=O)COc1ccccc1. The molecule has 7 heteroatoms. The maximum Gasteiger partial charge on any atom is 0.261 e. The fourth-order valence-corrected chi connectivity index (χ4v) is 2.96. The maximum atomic E-state index is 12.9. The summed E-state index contributed by atoms with van der Waals surface area (Å²) in [5.41, 5.74) is 0.354. The van der Waals surface area contributed by atoms with E-state index < -0.39 is 11.6 Å². The van der Waals surface area contributed by atoms with Crippen LogP contribution in [0.2, 0.25) is 10.0 Å². The highest BCUT2D eigenvalue weighted by atomic mass is 35.5. The zero-order valence-corrected chi connectivity index (χ0v) is 18.6. The summed E-state index contributed by atoms with van der Waals surface area (Å²) in [5.74, 6) is 0.0317. The number of hydrogen-bond donors (Lipinski definition) is 1. The molecule has 0 saturated carbocycles. The van der Waals surface area contributed by atoms with E-state index in [9.17, 15) is 9.59 Å². The summed E-state index contributed by atoms with van der Waals surface area (Å²) in [7, 11) is 0. The van der Waals surface area contributed by atoms with Gasteiger partial charge in [-0.05, 0) is 57.5 Å². The van der Waals surface area contributed by atoms with E-state index >= 15 is 0 Å². The quantitative estimate of drug-likeness (QED) is 0.683. The number of nitrogens with one attached hydrogen (secondary N) is 1. The first-order chi connectivity index (χ1) is 13.6. The number of amides is 2. The molecule has 0 saturated heterocycles. The smallest absolute Gasteiger partial charge is 0.261 e. The number of nitrogens with zero attached hydrogens (tertiary/aromatic N) is 1. The van der Waals surface area contributed by atoms with Crippen LogP contribution >= 0.6 is 23.2 Å². The minimum absolute atomic E-state index is 0.182. The minimum Gasteiger partial charge on any atom is -0.484 e. The summed E-state index contributed by atoms with van der Waals surface area (Å²) in [5, 5.41) is 3.74. The molecule has 29 heavy (non-hydrogen) atoms. The molecule has 0 aromatic heterocycles. The Morgan fingerprint density at radius 1 is 1.07 bits per heavy atom. The van der Waals surface area contributed by atoms with E-state index in [1.165, 1.54) is 4.90 Å². The van der Waals surface area contributed by atoms with Crippen molar-refractivity contribution in [1.29, 1.82) is 0 Å². The van der Waals surface area contributed by atoms with Crippen LogP contribution in [0.1, 0.15) is 33.3 Å². The molecule has 1 N–H and O–H groups in total. The zero-order valence-electron chi connectivity index (χ0n) is 17.0. The van der Waals surface area contributed by atoms with Crippen molar-refractivity contribution in [2.45, 2.75) is 45.8 Å². The fraction of sp³-hybridized carbons (Fsp3) is 0.364. The first-order valence-corrected chi connectivity index (χ1v) is 10.1. The van der Waals surface area contributed by atoms with E-state index in [0.717, 1.165) is 5.56 Å². The average molecular weight is 437 g/mol. The highest BCUT2D eigenvalue weighted by Crippen LogP contribution is 2.24. The Hall–Kier alpha value is -2.24. The largest absolute Gasteiger partial charge is 0.484 e. The standard InChI is InChI=1S/C22H26Cl2N2O3/c1-15(21(28)25-22(2,3)4)26(13-16-10-11-18(23)19(24)12-16)20(27)14-29-17-8-6-5-7-9-17/h5-12,15H,13-14H2,1-4H3,(H,25,28). The number of rotatable bonds is 7. The fourth-order valence-electron chi connectivity index (χ4n) is 2.64. The van der Waals surface area contributed by atoms with Crippen molar-refractivity contribution >= 4 is 35.0 Å². The van der Waals surface area contributed by atoms with Gasteiger partial charge in [0, 0.05) is 12.1 Å². The Labute approximate surface area is 181 Å². The molecule has 0 aliphatic carbocycles. The van der Waals surface area contributed by atoms with Crippen molar-refractivity contribution in [3.63, 3.8) is 0 Å². The highest BCUT2D eigenvalue weighted by molar-refractivity contribution is 6.42. The number of carbonyl (C=O) groups excluding carboxylic acids is 2. The third-order valence-corrected chi connectivity index (χ3v) is 4.85. The number of para-hydroxylation sites is 1. The van der Waals surface area contributed by atoms with Crippen LogP contribution in [0.25, 0.3) is 0 Å². The van der Waals surface area contributed by atoms with Gasteiger partial charge < -0.3 is 15.0 Å². The summed E-state index contributed by atoms with van der Waals surface area (Å²) >= 11 is 12.1. The maximum absolute atomic E-state index is 12.9. The number of carbonyl (C=O) groups is 2. The van der Waals surface area contributed by atoms with Gasteiger partial charge in [0.2, 0.25) is 5.91 Å². The van der Waals surface area contributed by atoms with Crippen molar-refractivity contribution < 1.29 is 14.3 Å². The Balaban J connectivity index is 2.19. The second-order valence-electron chi connectivity index (χ2n) is 7.79. The van der Waals surface area contributed by atoms with E-state index in [2.05, 4.69) is 5.32 Å². The number of halogens is 2. The van der Waals surface area contributed by atoms with E-state index in [4.69, 9.17) is 27.9 Å². The van der Waals surface area contributed by atoms with Crippen molar-refractivity contribution in [2.75, 3.05) is 6.61 Å². The second kappa shape index (κ2) is 9.99. The molecule has 0 bridgehead atoms. The molecule has 156 valence electrons. The van der Waals surface area contributed by atoms with Gasteiger partial charge in [-0.1, -0.05) is 47.5 Å². The lowest BCUT2D eigenvalue weighted by Crippen LogP contribution is -2.53. The Morgan fingerprint density at radius 2 is 1.72 bits per heavy atom. The van der Waals surface area contributed by atoms with E-state index in [1.54, 1.807) is 37.3 Å². The second-order valence-corrected chi connectivity index (χ2v) is 8.60. The number of ether oxygens (including phenoxy) is 1. The molecule has 0 heterocycles. The summed E-state index contributed by atoms with van der Waals surface area (Å²) in [6.45, 7) is 7.38. The van der Waals surface area contributed by atoms with Crippen LogP contribution in [0.3, 0.4) is 0 Å². The van der Waals surface area contributed by atoms with Gasteiger partial charge in [0.25, 0.3) is 5.91 Å². The van der Waals surface area contributed by atoms with E-state index in [0.29, 0.717) is 15.8 Å². The Bertz CT molecular complexity index is 851. The van der Waals surface area contributed by atoms with Crippen LogP contribution in [0.15, 0.2) is 48.5 Å². The normalized spacial score (nSPS) is 12.2. The lowest BCUT2D eigenvalue weighted by atomic mass is 10.1. The molecule has 2 aromatic carbocycles. The number of hydrogen-bond acceptors (Lipinski definition) is 3. The van der Waals surface area contributed by atoms with Gasteiger partial charge in [0.15, 0.2) is 6.61 Å². The molecule has 1 atom stereocenters. The molecule has 2 rings (SSSR count). The predicted molar refractivity (Wildman–Crippen MR) is 116 cm³/mol. The first kappa shape index (κ1) is 23.0. The molecule has 0 fully saturated rings. The van der Waals surface area contributed by atoms with Crippen LogP contribution in [-0.2, 0) is 16.1 Å². The summed E-state index contributed by atoms with van der Waals surface area (Å²) < 4.78 is 5.59. The molecule has 2 aromatic rings. The van der Waals surface area contributed by atoms with Crippen LogP contribution < -0.4 is 10.1 Å². The van der Waals surface area contributed by atoms with Crippen LogP contribution in [0.4, 0.5) is 0 Å². The van der Waals surface area contributed by atoms with Gasteiger partial charge in [-0.25, -0.2) is 0 Å². The molecule has 0 radical (unpaired) electrons. The van der Waals surface area contributed by atoms with E-state index in [1.807, 2.05) is 39.0 Å². The summed E-state index contributed by atoms with van der Waals surface area (Å²) in [4.78, 5) is 27.1. The van der Waals surface area contributed by atoms with Gasteiger partial charge in [0.05, 0.1) is 10.0 Å². The first-order valence-electron chi connectivity index (χ1n) is 9.30. The third kappa shape index (κ3) is 7.26. The van der Waals surface area contributed by atoms with Gasteiger partial charge in [-0.3, -0.25) is 9.59 Å². The zero-order chi connectivity index (χ0) is 21.6. The molecular formula is C22H26Cl2N2O3. The van der Waals surface area contributed by atoms with Crippen molar-refractivity contribution in [3.8, 4) is 5.75 Å². The molecule has 0 aliphatic rings. The van der Waals surface area contributed by atoms with Gasteiger partial charge >= 0.3 is 0 Å². The average Bonchev–Trinajstić information content (AvgIpc) is 2.66. The molecule has 0 aliphatic heterocycles. The third-order valence-electron chi connectivity index (χ3n) is 4.11. The van der Waals surface area contributed by atoms with Crippen LogP contribution in [0, 0.1) is 0 Å². The lowest BCUT2D eigenvalue weighted by Gasteiger charge is -2.31. The molecule has 0 spiro atoms. The Kier molecular flexibility index (Phi) is 7.94. The molecule has 5 nitrogen and oxygen atoms in total. The molecule has 2 amide bonds. The lowest BCUT2D eigenvalue weighted by molar-refractivity contribution is -0.142. The highest BCUT2D eigenvalue weighted by Gasteiger charge is 2.28. The minimum atomic E-state index is -0.699. The summed E-state index contributed by atoms with van der Waals surface area (Å²) in [6, 6.07) is 13.5. The summed E-state index contributed by atoms with van der Waals surface area (Å²) in [6.07, 6.45) is 0. The van der Waals surface area contributed by atoms with Gasteiger partial charge in [-0.15, -0.1) is 0 Å². The van der Waals surface area contributed by atoms with Crippen molar-refractivity contribution in [3.05, 3.63) is 64.1 Å². The van der Waals surface area contributed by atoms with Crippen molar-refractivity contribution in [1.82, 2.24) is 10.2 Å². The monoisotopic (exact) mass is 436 g/mol. The number of benzene rings is 2. The van der Waals surface area contributed by atoms with E-state index in [-0.39, 0.29) is 25.0 Å². The Morgan fingerprint density at radius 3 is 2.31 bits per heavy atom. The predicted octanol–water partition coefficient (Wildman–Crippen LogP) is 4.70. The molecule has 1 unspecified atom stereocenters. The van der Waals surface area contributed by atoms with Gasteiger partial charge in [0.1, 0.15) is 11.8 Å². The van der Waals surface area contributed by atoms with Crippen LogP contribution in [-0.4, -0.2) is 34.9 Å². The van der Waals surface area contributed by atoms with Gasteiger partial charge in [-0.2, -0.15) is 0 Å².